The van der Waals surface area contributed by atoms with Crippen LogP contribution in [0.15, 0.2) is 53.0 Å². The number of aromatic carboxylic acids is 1. The number of nitrogens with one attached hydrogen (secondary N) is 1. The van der Waals surface area contributed by atoms with E-state index in [2.05, 4.69) is 45.5 Å². The molecule has 1 aliphatic carbocycles. The molecule has 0 bridgehead atoms. The quantitative estimate of drug-likeness (QED) is 0.761. The second kappa shape index (κ2) is 5.94. The number of carboxylic acid groups (broad SMARTS) is 1. The zero-order valence-electron chi connectivity index (χ0n) is 12.6. The Hall–Kier alpha value is -1.78. The Kier molecular flexibility index (Phi) is 3.89. The van der Waals surface area contributed by atoms with Crippen molar-refractivity contribution in [3.8, 4) is 0 Å². The molecule has 0 amide bonds. The second-order valence-electron chi connectivity index (χ2n) is 6.20. The molecule has 0 unspecified atom stereocenters. The van der Waals surface area contributed by atoms with E-state index >= 15 is 0 Å². The Bertz CT molecular complexity index is 864. The van der Waals surface area contributed by atoms with Crippen molar-refractivity contribution in [1.82, 2.24) is 0 Å². The fourth-order valence-corrected chi connectivity index (χ4v) is 4.52. The fourth-order valence-electron chi connectivity index (χ4n) is 3.88. The summed E-state index contributed by atoms with van der Waals surface area (Å²) in [6, 6.07) is 11.4. The molecule has 0 radical (unpaired) electrons. The maximum atomic E-state index is 11.6. The molecule has 5 heteroatoms. The summed E-state index contributed by atoms with van der Waals surface area (Å²) >= 11 is 9.91. The van der Waals surface area contributed by atoms with Gasteiger partial charge in [0, 0.05) is 16.0 Å². The van der Waals surface area contributed by atoms with Crippen molar-refractivity contribution in [3.63, 3.8) is 0 Å². The van der Waals surface area contributed by atoms with Gasteiger partial charge < -0.3 is 15.2 Å². The number of hydrogen-bond acceptors (Lipinski definition) is 3. The molecule has 1 aliphatic heterocycles. The molecule has 0 saturated carbocycles. The SMILES string of the molecule is O=C([O-])c1ccc(Cl)c2c1[C@H]1C=CC[C@@H]1[C@@H](c1cccc(Br)c1)N2. The summed E-state index contributed by atoms with van der Waals surface area (Å²) in [6.07, 6.45) is 5.11. The van der Waals surface area contributed by atoms with E-state index in [1.165, 1.54) is 0 Å². The molecule has 4 rings (SSSR count). The monoisotopic (exact) mass is 402 g/mol. The van der Waals surface area contributed by atoms with Gasteiger partial charge in [-0.05, 0) is 41.7 Å². The highest BCUT2D eigenvalue weighted by atomic mass is 79.9. The molecule has 2 aromatic carbocycles. The first-order valence-electron chi connectivity index (χ1n) is 7.78. The molecule has 0 spiro atoms. The van der Waals surface area contributed by atoms with Crippen molar-refractivity contribution in [2.24, 2.45) is 5.92 Å². The number of rotatable bonds is 2. The van der Waals surface area contributed by atoms with E-state index in [9.17, 15) is 9.90 Å². The lowest BCUT2D eigenvalue weighted by Crippen LogP contribution is -2.33. The van der Waals surface area contributed by atoms with Crippen molar-refractivity contribution in [2.45, 2.75) is 18.4 Å². The van der Waals surface area contributed by atoms with Crippen LogP contribution < -0.4 is 10.4 Å². The second-order valence-corrected chi connectivity index (χ2v) is 7.52. The van der Waals surface area contributed by atoms with E-state index in [1.54, 1.807) is 12.1 Å². The van der Waals surface area contributed by atoms with Crippen LogP contribution in [0.4, 0.5) is 5.69 Å². The number of benzene rings is 2. The maximum absolute atomic E-state index is 11.6. The van der Waals surface area contributed by atoms with E-state index in [-0.39, 0.29) is 23.4 Å². The lowest BCUT2D eigenvalue weighted by Gasteiger charge is -2.39. The summed E-state index contributed by atoms with van der Waals surface area (Å²) in [5.41, 5.74) is 2.82. The van der Waals surface area contributed by atoms with Crippen LogP contribution in [0.5, 0.6) is 0 Å². The van der Waals surface area contributed by atoms with Crippen LogP contribution in [-0.4, -0.2) is 5.97 Å². The highest BCUT2D eigenvalue weighted by Gasteiger charge is 2.40. The average Bonchev–Trinajstić information content (AvgIpc) is 3.04. The van der Waals surface area contributed by atoms with Gasteiger partial charge in [0.25, 0.3) is 0 Å². The van der Waals surface area contributed by atoms with E-state index < -0.39 is 5.97 Å². The number of carbonyl (C=O) groups is 1. The number of halogens is 2. The van der Waals surface area contributed by atoms with Crippen molar-refractivity contribution < 1.29 is 9.90 Å². The Morgan fingerprint density at radius 3 is 2.88 bits per heavy atom. The largest absolute Gasteiger partial charge is 0.545 e. The molecule has 24 heavy (non-hydrogen) atoms. The third-order valence-electron chi connectivity index (χ3n) is 4.90. The summed E-state index contributed by atoms with van der Waals surface area (Å²) in [7, 11) is 0. The Labute approximate surface area is 153 Å². The maximum Gasteiger partial charge on any atom is 0.0719 e. The minimum absolute atomic E-state index is 0.0248. The fraction of sp³-hybridized carbons (Fsp3) is 0.211. The van der Waals surface area contributed by atoms with Gasteiger partial charge >= 0.3 is 0 Å². The van der Waals surface area contributed by atoms with Gasteiger partial charge in [-0.3, -0.25) is 0 Å². The molecular weight excluding hydrogens is 390 g/mol. The molecule has 122 valence electrons. The number of carboxylic acids is 1. The van der Waals surface area contributed by atoms with Crippen LogP contribution in [0, 0.1) is 5.92 Å². The summed E-state index contributed by atoms with van der Waals surface area (Å²) in [5.74, 6) is -0.884. The Morgan fingerprint density at radius 2 is 2.12 bits per heavy atom. The van der Waals surface area contributed by atoms with Gasteiger partial charge in [0.2, 0.25) is 0 Å². The Morgan fingerprint density at radius 1 is 1.29 bits per heavy atom. The number of allylic oxidation sites excluding steroid dienone is 2. The third-order valence-corrected chi connectivity index (χ3v) is 5.70. The summed E-state index contributed by atoms with van der Waals surface area (Å²) in [4.78, 5) is 11.6. The van der Waals surface area contributed by atoms with E-state index in [0.717, 1.165) is 22.0 Å². The van der Waals surface area contributed by atoms with Gasteiger partial charge in [-0.2, -0.15) is 0 Å². The van der Waals surface area contributed by atoms with Crippen LogP contribution in [0.1, 0.15) is 39.9 Å². The summed E-state index contributed by atoms with van der Waals surface area (Å²) in [5, 5.41) is 15.6. The first-order valence-corrected chi connectivity index (χ1v) is 8.96. The number of fused-ring (bicyclic) bond motifs is 3. The van der Waals surface area contributed by atoms with Crippen LogP contribution in [0.3, 0.4) is 0 Å². The smallest absolute Gasteiger partial charge is 0.0719 e. The standard InChI is InChI=1S/C19H15BrClNO2/c20-11-4-1-3-10(9-11)17-13-6-2-5-12(13)16-14(19(23)24)7-8-15(21)18(16)22-17/h1-5,7-9,12-13,17,22H,6H2,(H,23,24)/p-1/t12-,13-,17+/m0/s1. The number of anilines is 1. The van der Waals surface area contributed by atoms with E-state index in [0.29, 0.717) is 10.7 Å². The zero-order valence-corrected chi connectivity index (χ0v) is 15.0. The lowest BCUT2D eigenvalue weighted by molar-refractivity contribution is -0.255. The third kappa shape index (κ3) is 2.45. The first kappa shape index (κ1) is 15.7. The topological polar surface area (TPSA) is 52.2 Å². The van der Waals surface area contributed by atoms with Gasteiger partial charge in [-0.15, -0.1) is 0 Å². The molecule has 3 nitrogen and oxygen atoms in total. The molecule has 0 saturated heterocycles. The number of hydrogen-bond donors (Lipinski definition) is 1. The molecule has 3 atom stereocenters. The van der Waals surface area contributed by atoms with Gasteiger partial charge in [-0.1, -0.05) is 57.9 Å². The van der Waals surface area contributed by atoms with Crippen LogP contribution in [0.25, 0.3) is 0 Å². The molecule has 2 aliphatic rings. The minimum Gasteiger partial charge on any atom is -0.545 e. The highest BCUT2D eigenvalue weighted by Crippen LogP contribution is 2.52. The van der Waals surface area contributed by atoms with Crippen LogP contribution in [-0.2, 0) is 0 Å². The first-order chi connectivity index (χ1) is 11.6. The van der Waals surface area contributed by atoms with Crippen LogP contribution in [0.2, 0.25) is 5.02 Å². The zero-order chi connectivity index (χ0) is 16.8. The number of carbonyl (C=O) groups excluding carboxylic acids is 1. The highest BCUT2D eigenvalue weighted by molar-refractivity contribution is 9.10. The molecular formula is C19H14BrClNO2-. The summed E-state index contributed by atoms with van der Waals surface area (Å²) < 4.78 is 1.02. The normalized spacial score (nSPS) is 24.2. The van der Waals surface area contributed by atoms with E-state index in [1.807, 2.05) is 12.1 Å². The average molecular weight is 404 g/mol. The van der Waals surface area contributed by atoms with Crippen molar-refractivity contribution in [3.05, 3.63) is 74.7 Å². The lowest BCUT2D eigenvalue weighted by atomic mass is 9.75. The van der Waals surface area contributed by atoms with Gasteiger partial charge in [0.1, 0.15) is 0 Å². The molecule has 0 aromatic heterocycles. The Balaban J connectivity index is 1.88. The van der Waals surface area contributed by atoms with Crippen molar-refractivity contribution in [2.75, 3.05) is 5.32 Å². The van der Waals surface area contributed by atoms with E-state index in [4.69, 9.17) is 11.6 Å². The summed E-state index contributed by atoms with van der Waals surface area (Å²) in [6.45, 7) is 0. The predicted octanol–water partition coefficient (Wildman–Crippen LogP) is 4.29. The van der Waals surface area contributed by atoms with Gasteiger partial charge in [0.05, 0.1) is 22.7 Å². The van der Waals surface area contributed by atoms with Crippen molar-refractivity contribution >= 4 is 39.2 Å². The molecule has 0 fully saturated rings. The van der Waals surface area contributed by atoms with Gasteiger partial charge in [0.15, 0.2) is 0 Å². The molecule has 2 aromatic rings. The molecule has 1 heterocycles. The van der Waals surface area contributed by atoms with Gasteiger partial charge in [-0.25, -0.2) is 0 Å². The van der Waals surface area contributed by atoms with Crippen LogP contribution >= 0.6 is 27.5 Å². The predicted molar refractivity (Wildman–Crippen MR) is 96.3 cm³/mol. The van der Waals surface area contributed by atoms with Crippen molar-refractivity contribution in [1.29, 1.82) is 0 Å². The molecule has 1 N–H and O–H groups in total. The minimum atomic E-state index is -1.16.